The normalized spacial score (nSPS) is 18.0. The van der Waals surface area contributed by atoms with E-state index in [0.717, 1.165) is 0 Å². The van der Waals surface area contributed by atoms with Crippen LogP contribution in [-0.2, 0) is 64.9 Å². The van der Waals surface area contributed by atoms with E-state index in [1.807, 2.05) is 0 Å². The predicted octanol–water partition coefficient (Wildman–Crippen LogP) is 0.974. The highest BCUT2D eigenvalue weighted by molar-refractivity contribution is 7.66. The molecule has 1 aliphatic heterocycles. The Balaban J connectivity index is 1.30. The molecular formula is C41H58N9O21P3. The van der Waals surface area contributed by atoms with Crippen LogP contribution in [0.1, 0.15) is 62.7 Å². The van der Waals surface area contributed by atoms with Gasteiger partial charge in [0.05, 0.1) is 43.5 Å². The molecule has 0 bridgehead atoms. The van der Waals surface area contributed by atoms with Crippen LogP contribution in [0.5, 0.6) is 5.75 Å². The molecule has 7 atom stereocenters. The fourth-order valence-electron chi connectivity index (χ4n) is 6.42. The van der Waals surface area contributed by atoms with Crippen molar-refractivity contribution >= 4 is 70.0 Å². The van der Waals surface area contributed by atoms with Crippen LogP contribution in [0.3, 0.4) is 0 Å². The zero-order chi connectivity index (χ0) is 54.9. The van der Waals surface area contributed by atoms with Gasteiger partial charge in [0.1, 0.15) is 60.7 Å². The Morgan fingerprint density at radius 2 is 1.77 bits per heavy atom. The van der Waals surface area contributed by atoms with Crippen molar-refractivity contribution in [3.63, 3.8) is 0 Å². The van der Waals surface area contributed by atoms with Crippen LogP contribution >= 0.6 is 23.5 Å². The monoisotopic (exact) mass is 1110 g/mol. The SMILES string of the molecule is C=CCOC(COc1cccc(C(=O)NCNC(=O)C(CCNC(C)=O)NC(=O)OC(C)(C)C)c1)OCC(=O)NCC#Cc1cn(C2CC(OC)C(COP(=O)(O)OP(=O)(O)OP(=O)(O)O)O2)c2ncnc(N)c12. The number of aromatic nitrogens is 3. The highest BCUT2D eigenvalue weighted by Crippen LogP contribution is 2.66. The summed E-state index contributed by atoms with van der Waals surface area (Å²) in [4.78, 5) is 108. The number of nitrogens with one attached hydrogen (secondary N) is 5. The van der Waals surface area contributed by atoms with E-state index in [9.17, 15) is 47.5 Å². The Labute approximate surface area is 423 Å². The number of hydrogen-bond acceptors (Lipinski definition) is 20. The van der Waals surface area contributed by atoms with Crippen LogP contribution in [-0.4, -0.2) is 147 Å². The maximum atomic E-state index is 13.0. The second-order valence-electron chi connectivity index (χ2n) is 16.4. The van der Waals surface area contributed by atoms with Crippen molar-refractivity contribution in [2.75, 3.05) is 59.0 Å². The molecule has 2 aromatic heterocycles. The number of rotatable bonds is 27. The molecular weight excluding hydrogens is 1050 g/mol. The van der Waals surface area contributed by atoms with E-state index < -0.39 is 96.9 Å². The molecule has 4 rings (SSSR count). The quantitative estimate of drug-likeness (QED) is 0.0220. The lowest BCUT2D eigenvalue weighted by Crippen LogP contribution is -2.51. The Morgan fingerprint density at radius 1 is 1.03 bits per heavy atom. The number of nitrogen functional groups attached to an aromatic ring is 1. The molecule has 11 N–H and O–H groups in total. The highest BCUT2D eigenvalue weighted by atomic mass is 31.3. The molecule has 0 saturated carbocycles. The van der Waals surface area contributed by atoms with E-state index in [0.29, 0.717) is 10.9 Å². The number of nitrogens with zero attached hydrogens (tertiary/aromatic N) is 3. The van der Waals surface area contributed by atoms with Gasteiger partial charge in [-0.25, -0.2) is 28.5 Å². The number of carbonyl (C=O) groups is 5. The fourth-order valence-corrected chi connectivity index (χ4v) is 9.45. The maximum Gasteiger partial charge on any atom is 0.490 e. The third kappa shape index (κ3) is 20.8. The number of phosphoric ester groups is 1. The van der Waals surface area contributed by atoms with Gasteiger partial charge in [-0.3, -0.25) is 23.7 Å². The van der Waals surface area contributed by atoms with Gasteiger partial charge in [0.25, 0.3) is 5.91 Å². The topological polar surface area (TPSA) is 417 Å². The number of carbonyl (C=O) groups excluding carboxylic acids is 5. The van der Waals surface area contributed by atoms with Gasteiger partial charge in [-0.2, -0.15) is 8.62 Å². The smallest absolute Gasteiger partial charge is 0.488 e. The van der Waals surface area contributed by atoms with Crippen molar-refractivity contribution in [3.05, 3.63) is 60.6 Å². The molecule has 1 saturated heterocycles. The zero-order valence-corrected chi connectivity index (χ0v) is 43.2. The predicted molar refractivity (Wildman–Crippen MR) is 256 cm³/mol. The summed E-state index contributed by atoms with van der Waals surface area (Å²) >= 11 is 0. The first-order chi connectivity index (χ1) is 34.7. The molecule has 3 aromatic rings. The summed E-state index contributed by atoms with van der Waals surface area (Å²) < 4.78 is 82.6. The highest BCUT2D eigenvalue weighted by Gasteiger charge is 2.43. The first-order valence-corrected chi connectivity index (χ1v) is 26.4. The second kappa shape index (κ2) is 27.6. The van der Waals surface area contributed by atoms with E-state index in [4.69, 9.17) is 48.5 Å². The van der Waals surface area contributed by atoms with Crippen LogP contribution < -0.4 is 37.1 Å². The molecule has 1 aliphatic rings. The van der Waals surface area contributed by atoms with Crippen molar-refractivity contribution in [3.8, 4) is 17.6 Å². The third-order valence-corrected chi connectivity index (χ3v) is 13.3. The van der Waals surface area contributed by atoms with Crippen LogP contribution in [0.4, 0.5) is 10.6 Å². The summed E-state index contributed by atoms with van der Waals surface area (Å²) in [6.07, 6.45) is -0.431. The molecule has 0 spiro atoms. The van der Waals surface area contributed by atoms with Crippen molar-refractivity contribution in [1.29, 1.82) is 0 Å². The average Bonchev–Trinajstić information content (AvgIpc) is 3.89. The van der Waals surface area contributed by atoms with Gasteiger partial charge >= 0.3 is 29.6 Å². The largest absolute Gasteiger partial charge is 0.490 e. The summed E-state index contributed by atoms with van der Waals surface area (Å²) in [5.74, 6) is 3.84. The molecule has 30 nitrogen and oxygen atoms in total. The number of anilines is 1. The molecule has 7 unspecified atom stereocenters. The van der Waals surface area contributed by atoms with Crippen LogP contribution in [0, 0.1) is 11.8 Å². The van der Waals surface area contributed by atoms with Gasteiger partial charge in [-0.1, -0.05) is 24.0 Å². The number of benzene rings is 1. The van der Waals surface area contributed by atoms with Crippen LogP contribution in [0.15, 0.2) is 49.4 Å². The molecule has 408 valence electrons. The molecule has 3 heterocycles. The summed E-state index contributed by atoms with van der Waals surface area (Å²) in [5.41, 5.74) is 6.09. The molecule has 1 fully saturated rings. The minimum absolute atomic E-state index is 0.0256. The Hall–Kier alpha value is -5.86. The summed E-state index contributed by atoms with van der Waals surface area (Å²) in [5, 5.41) is 13.0. The number of nitrogens with two attached hydrogens (primary N) is 1. The summed E-state index contributed by atoms with van der Waals surface area (Å²) in [7, 11) is -15.5. The average molecular weight is 1110 g/mol. The number of phosphoric acid groups is 3. The number of fused-ring (bicyclic) bond motifs is 1. The zero-order valence-electron chi connectivity index (χ0n) is 40.5. The molecule has 33 heteroatoms. The van der Waals surface area contributed by atoms with E-state index in [1.54, 1.807) is 32.9 Å². The molecule has 5 amide bonds. The van der Waals surface area contributed by atoms with E-state index in [1.165, 1.54) is 49.3 Å². The van der Waals surface area contributed by atoms with Gasteiger partial charge < -0.3 is 84.9 Å². The number of hydrogen-bond donors (Lipinski definition) is 10. The van der Waals surface area contributed by atoms with E-state index in [-0.39, 0.29) is 74.5 Å². The third-order valence-electron chi connectivity index (χ3n) is 9.46. The Morgan fingerprint density at radius 3 is 2.45 bits per heavy atom. The van der Waals surface area contributed by atoms with Crippen molar-refractivity contribution < 1.29 is 98.8 Å². The lowest BCUT2D eigenvalue weighted by molar-refractivity contribution is -0.162. The minimum Gasteiger partial charge on any atom is -0.488 e. The van der Waals surface area contributed by atoms with Crippen molar-refractivity contribution in [1.82, 2.24) is 41.1 Å². The van der Waals surface area contributed by atoms with Crippen LogP contribution in [0.2, 0.25) is 0 Å². The number of alkyl carbamates (subject to hydrolysis) is 1. The van der Waals surface area contributed by atoms with Gasteiger partial charge in [0.15, 0.2) is 6.29 Å². The van der Waals surface area contributed by atoms with E-state index >= 15 is 0 Å². The first kappa shape index (κ1) is 60.7. The lowest BCUT2D eigenvalue weighted by Gasteiger charge is -2.23. The minimum atomic E-state index is -5.76. The first-order valence-electron chi connectivity index (χ1n) is 21.9. The number of amides is 5. The molecule has 1 aromatic carbocycles. The Kier molecular flexibility index (Phi) is 22.6. The van der Waals surface area contributed by atoms with Crippen molar-refractivity contribution in [2.45, 2.75) is 76.9 Å². The molecule has 0 radical (unpaired) electrons. The second-order valence-corrected chi connectivity index (χ2v) is 20.8. The number of methoxy groups -OCH3 is 1. The maximum absolute atomic E-state index is 13.0. The van der Waals surface area contributed by atoms with Crippen molar-refractivity contribution in [2.24, 2.45) is 0 Å². The lowest BCUT2D eigenvalue weighted by atomic mass is 10.2. The summed E-state index contributed by atoms with van der Waals surface area (Å²) in [6, 6.07) is 4.93. The molecule has 0 aliphatic carbocycles. The Bertz CT molecular complexity index is 2690. The van der Waals surface area contributed by atoms with Gasteiger partial charge in [0, 0.05) is 38.8 Å². The van der Waals surface area contributed by atoms with E-state index in [2.05, 4.69) is 63.6 Å². The van der Waals surface area contributed by atoms with Crippen LogP contribution in [0.25, 0.3) is 11.0 Å². The summed E-state index contributed by atoms with van der Waals surface area (Å²) in [6.45, 7) is 8.01. The standard InChI is InChI=1S/C41H58N9O21P3/c1-7-16-64-34(22-65-28-12-8-10-26(17-28)38(53)47-24-48-39(54)29(13-15-43-25(2)51)49-40(55)69-41(3,4)5)66-21-32(52)44-14-9-11-27-19-50(37-35(27)36(42)45-23-46-37)33-18-30(63-6)31(68-33)20-67-73(59,60)71-74(61,62)70-72(56,57)58/h7-8,10,12,17,19,23,29-31,33-34H,1,13-16,18,20-22,24H2,2-6H3,(H,43,51)(H,44,52)(H,47,53)(H,48,54)(H,49,55)(H,59,60)(H,61,62)(H2,42,45,46)(H2,56,57,58). The van der Waals surface area contributed by atoms with Gasteiger partial charge in [0.2, 0.25) is 17.7 Å². The fraction of sp³-hybridized carbons (Fsp3) is 0.488. The van der Waals surface area contributed by atoms with Gasteiger partial charge in [-0.05, 0) is 45.4 Å². The van der Waals surface area contributed by atoms with Gasteiger partial charge in [-0.15, -0.1) is 6.58 Å². The number of ether oxygens (including phenoxy) is 6. The molecule has 74 heavy (non-hydrogen) atoms.